The van der Waals surface area contributed by atoms with Crippen molar-refractivity contribution in [3.05, 3.63) is 41.7 Å². The van der Waals surface area contributed by atoms with Crippen LogP contribution in [0.15, 0.2) is 30.3 Å². The molecule has 1 atom stereocenters. The number of imidazole rings is 1. The van der Waals surface area contributed by atoms with Crippen LogP contribution in [0.2, 0.25) is 0 Å². The number of carbonyl (C=O) groups excluding carboxylic acids is 1. The van der Waals surface area contributed by atoms with Gasteiger partial charge in [0.05, 0.1) is 24.0 Å². The minimum atomic E-state index is -0.0221. The van der Waals surface area contributed by atoms with Gasteiger partial charge in [-0.3, -0.25) is 9.69 Å². The molecule has 1 N–H and O–H groups in total. The van der Waals surface area contributed by atoms with Crippen LogP contribution in [0.25, 0.3) is 11.4 Å². The van der Waals surface area contributed by atoms with Crippen LogP contribution in [0, 0.1) is 0 Å². The van der Waals surface area contributed by atoms with Crippen molar-refractivity contribution in [2.24, 2.45) is 0 Å². The van der Waals surface area contributed by atoms with Crippen molar-refractivity contribution in [2.75, 3.05) is 19.6 Å². The van der Waals surface area contributed by atoms with E-state index >= 15 is 0 Å². The van der Waals surface area contributed by atoms with E-state index in [0.717, 1.165) is 48.8 Å². The van der Waals surface area contributed by atoms with Crippen molar-refractivity contribution in [1.29, 1.82) is 0 Å². The number of aromatic amines is 1. The molecule has 3 heterocycles. The molecule has 0 saturated carbocycles. The predicted octanol–water partition coefficient (Wildman–Crippen LogP) is 3.23. The average Bonchev–Trinajstić information content (AvgIpc) is 2.92. The number of aromatic nitrogens is 2. The summed E-state index contributed by atoms with van der Waals surface area (Å²) in [5.74, 6) is 1.17. The summed E-state index contributed by atoms with van der Waals surface area (Å²) in [6.07, 6.45) is 5.84. The van der Waals surface area contributed by atoms with Crippen LogP contribution in [-0.4, -0.2) is 51.4 Å². The number of nitrogens with zero attached hydrogens (tertiary/aromatic N) is 3. The highest BCUT2D eigenvalue weighted by molar-refractivity contribution is 5.81. The number of hydrogen-bond acceptors (Lipinski definition) is 3. The van der Waals surface area contributed by atoms with Crippen LogP contribution in [0.1, 0.15) is 44.0 Å². The second-order valence-electron chi connectivity index (χ2n) is 7.51. The first-order valence-corrected chi connectivity index (χ1v) is 9.88. The van der Waals surface area contributed by atoms with Crippen LogP contribution < -0.4 is 0 Å². The van der Waals surface area contributed by atoms with Crippen molar-refractivity contribution in [1.82, 2.24) is 19.8 Å². The fraction of sp³-hybridized carbons (Fsp3) is 0.524. The molecule has 0 spiro atoms. The van der Waals surface area contributed by atoms with E-state index in [0.29, 0.717) is 6.54 Å². The SMILES string of the molecule is C[C@@H](C(=O)N1CCc2nc(-c3ccccc3)[nH]c2C1)N1CCCCCC1. The number of likely N-dealkylation sites (tertiary alicyclic amines) is 1. The molecule has 1 aromatic heterocycles. The maximum absolute atomic E-state index is 13.0. The van der Waals surface area contributed by atoms with E-state index in [1.165, 1.54) is 25.7 Å². The Morgan fingerprint density at radius 1 is 1.08 bits per heavy atom. The van der Waals surface area contributed by atoms with E-state index < -0.39 is 0 Å². The van der Waals surface area contributed by atoms with E-state index in [9.17, 15) is 4.79 Å². The predicted molar refractivity (Wildman–Crippen MR) is 103 cm³/mol. The lowest BCUT2D eigenvalue weighted by atomic mass is 10.1. The molecular formula is C21H28N4O. The Morgan fingerprint density at radius 2 is 1.81 bits per heavy atom. The highest BCUT2D eigenvalue weighted by atomic mass is 16.2. The van der Waals surface area contributed by atoms with Gasteiger partial charge < -0.3 is 9.88 Å². The van der Waals surface area contributed by atoms with Crippen molar-refractivity contribution in [2.45, 2.75) is 51.6 Å². The van der Waals surface area contributed by atoms with Gasteiger partial charge in [0.15, 0.2) is 0 Å². The molecule has 2 aromatic rings. The molecule has 2 aliphatic heterocycles. The molecule has 0 bridgehead atoms. The van der Waals surface area contributed by atoms with Crippen molar-refractivity contribution >= 4 is 5.91 Å². The van der Waals surface area contributed by atoms with E-state index in [-0.39, 0.29) is 11.9 Å². The number of hydrogen-bond donors (Lipinski definition) is 1. The van der Waals surface area contributed by atoms with E-state index in [1.807, 2.05) is 23.1 Å². The molecule has 1 fully saturated rings. The molecule has 1 aromatic carbocycles. The number of benzene rings is 1. The second-order valence-corrected chi connectivity index (χ2v) is 7.51. The normalized spacial score (nSPS) is 19.7. The molecule has 2 aliphatic rings. The van der Waals surface area contributed by atoms with Gasteiger partial charge in [0.2, 0.25) is 5.91 Å². The van der Waals surface area contributed by atoms with E-state index in [1.54, 1.807) is 0 Å². The van der Waals surface area contributed by atoms with Crippen LogP contribution in [-0.2, 0) is 17.8 Å². The summed E-state index contributed by atoms with van der Waals surface area (Å²) in [5, 5.41) is 0. The molecule has 0 aliphatic carbocycles. The molecule has 0 unspecified atom stereocenters. The maximum Gasteiger partial charge on any atom is 0.240 e. The van der Waals surface area contributed by atoms with Gasteiger partial charge in [0.25, 0.3) is 0 Å². The van der Waals surface area contributed by atoms with Gasteiger partial charge >= 0.3 is 0 Å². The quantitative estimate of drug-likeness (QED) is 0.923. The lowest BCUT2D eigenvalue weighted by Gasteiger charge is -2.33. The van der Waals surface area contributed by atoms with Gasteiger partial charge in [0, 0.05) is 18.5 Å². The zero-order valence-electron chi connectivity index (χ0n) is 15.6. The summed E-state index contributed by atoms with van der Waals surface area (Å²) in [4.78, 5) is 25.6. The summed E-state index contributed by atoms with van der Waals surface area (Å²) in [6.45, 7) is 5.59. The summed E-state index contributed by atoms with van der Waals surface area (Å²) >= 11 is 0. The molecule has 0 radical (unpaired) electrons. The second kappa shape index (κ2) is 7.62. The average molecular weight is 352 g/mol. The standard InChI is InChI=1S/C21H28N4O/c1-16(24-12-7-2-3-8-13-24)21(26)25-14-11-18-19(15-25)23-20(22-18)17-9-5-4-6-10-17/h4-6,9-10,16H,2-3,7-8,11-15H2,1H3,(H,22,23)/t16-/m0/s1. The van der Waals surface area contributed by atoms with Crippen LogP contribution in [0.3, 0.4) is 0 Å². The fourth-order valence-corrected chi connectivity index (χ4v) is 4.12. The first-order valence-electron chi connectivity index (χ1n) is 9.88. The van der Waals surface area contributed by atoms with Crippen molar-refractivity contribution < 1.29 is 4.79 Å². The number of carbonyl (C=O) groups is 1. The Hall–Kier alpha value is -2.14. The Labute approximate surface area is 155 Å². The summed E-state index contributed by atoms with van der Waals surface area (Å²) in [5.41, 5.74) is 3.29. The molecule has 138 valence electrons. The highest BCUT2D eigenvalue weighted by Gasteiger charge is 2.30. The largest absolute Gasteiger partial charge is 0.340 e. The number of nitrogens with one attached hydrogen (secondary N) is 1. The van der Waals surface area contributed by atoms with E-state index in [4.69, 9.17) is 4.98 Å². The van der Waals surface area contributed by atoms with E-state index in [2.05, 4.69) is 28.9 Å². The van der Waals surface area contributed by atoms with Gasteiger partial charge in [0.1, 0.15) is 5.82 Å². The number of rotatable bonds is 3. The summed E-state index contributed by atoms with van der Waals surface area (Å²) < 4.78 is 0. The molecule has 4 rings (SSSR count). The molecule has 5 heteroatoms. The Balaban J connectivity index is 1.46. The van der Waals surface area contributed by atoms with Gasteiger partial charge in [-0.1, -0.05) is 43.2 Å². The Bertz CT molecular complexity index is 747. The van der Waals surface area contributed by atoms with Gasteiger partial charge in [-0.15, -0.1) is 0 Å². The number of amides is 1. The van der Waals surface area contributed by atoms with Gasteiger partial charge in [-0.2, -0.15) is 0 Å². The first kappa shape index (κ1) is 17.3. The Kier molecular flexibility index (Phi) is 5.07. The molecular weight excluding hydrogens is 324 g/mol. The van der Waals surface area contributed by atoms with Crippen LogP contribution in [0.5, 0.6) is 0 Å². The first-order chi connectivity index (χ1) is 12.7. The monoisotopic (exact) mass is 352 g/mol. The van der Waals surface area contributed by atoms with Crippen LogP contribution >= 0.6 is 0 Å². The zero-order chi connectivity index (χ0) is 17.9. The lowest BCUT2D eigenvalue weighted by molar-refractivity contribution is -0.137. The lowest BCUT2D eigenvalue weighted by Crippen LogP contribution is -2.48. The van der Waals surface area contributed by atoms with Crippen molar-refractivity contribution in [3.8, 4) is 11.4 Å². The molecule has 26 heavy (non-hydrogen) atoms. The number of fused-ring (bicyclic) bond motifs is 1. The maximum atomic E-state index is 13.0. The summed E-state index contributed by atoms with van der Waals surface area (Å²) in [6, 6.07) is 10.2. The topological polar surface area (TPSA) is 52.2 Å². The Morgan fingerprint density at radius 3 is 2.54 bits per heavy atom. The van der Waals surface area contributed by atoms with Crippen molar-refractivity contribution in [3.63, 3.8) is 0 Å². The zero-order valence-corrected chi connectivity index (χ0v) is 15.6. The minimum Gasteiger partial charge on any atom is -0.340 e. The number of H-pyrrole nitrogens is 1. The third-order valence-electron chi connectivity index (χ3n) is 5.74. The summed E-state index contributed by atoms with van der Waals surface area (Å²) in [7, 11) is 0. The molecule has 1 saturated heterocycles. The smallest absolute Gasteiger partial charge is 0.240 e. The van der Waals surface area contributed by atoms with Gasteiger partial charge in [-0.25, -0.2) is 4.98 Å². The van der Waals surface area contributed by atoms with Crippen LogP contribution in [0.4, 0.5) is 0 Å². The molecule has 1 amide bonds. The molecule has 5 nitrogen and oxygen atoms in total. The fourth-order valence-electron chi connectivity index (χ4n) is 4.12. The minimum absolute atomic E-state index is 0.0221. The third kappa shape index (κ3) is 3.54. The highest BCUT2D eigenvalue weighted by Crippen LogP contribution is 2.24. The van der Waals surface area contributed by atoms with Gasteiger partial charge in [-0.05, 0) is 32.9 Å². The third-order valence-corrected chi connectivity index (χ3v) is 5.74.